The van der Waals surface area contributed by atoms with Gasteiger partial charge in [-0.2, -0.15) is 0 Å². The molecule has 1 aliphatic heterocycles. The average Bonchev–Trinajstić information content (AvgIpc) is 2.78. The molecule has 6 nitrogen and oxygen atoms in total. The Morgan fingerprint density at radius 3 is 2.57 bits per heavy atom. The number of nitrogens with one attached hydrogen (secondary N) is 2. The monoisotopic (exact) mass is 413 g/mol. The summed E-state index contributed by atoms with van der Waals surface area (Å²) in [6.45, 7) is 8.96. The van der Waals surface area contributed by atoms with Gasteiger partial charge in [0.1, 0.15) is 18.2 Å². The van der Waals surface area contributed by atoms with Crippen LogP contribution in [0.5, 0.6) is 5.75 Å². The molecule has 2 aromatic rings. The Balaban J connectivity index is 1.75. The molecule has 0 atom stereocenters. The van der Waals surface area contributed by atoms with E-state index in [0.29, 0.717) is 30.3 Å². The first-order chi connectivity index (χ1) is 14.2. The molecule has 2 aromatic carbocycles. The molecule has 0 saturated carbocycles. The quantitative estimate of drug-likeness (QED) is 0.755. The largest absolute Gasteiger partial charge is 0.490 e. The van der Waals surface area contributed by atoms with Crippen LogP contribution in [0.15, 0.2) is 42.5 Å². The van der Waals surface area contributed by atoms with E-state index in [-0.39, 0.29) is 24.2 Å². The van der Waals surface area contributed by atoms with Gasteiger partial charge in [-0.1, -0.05) is 26.0 Å². The molecular formula is C23H28FN3O3. The highest BCUT2D eigenvalue weighted by Gasteiger charge is 2.38. The normalized spacial score (nSPS) is 15.3. The third kappa shape index (κ3) is 5.09. The number of carbonyl (C=O) groups excluding carboxylic acids is 2. The molecule has 0 fully saturated rings. The Hall–Kier alpha value is -3.09. The summed E-state index contributed by atoms with van der Waals surface area (Å²) in [5.41, 5.74) is 1.34. The summed E-state index contributed by atoms with van der Waals surface area (Å²) in [6.07, 6.45) is 0. The molecule has 160 valence electrons. The van der Waals surface area contributed by atoms with Crippen LogP contribution in [-0.4, -0.2) is 25.1 Å². The Labute approximate surface area is 176 Å². The topological polar surface area (TPSA) is 70.7 Å². The van der Waals surface area contributed by atoms with Crippen molar-refractivity contribution in [2.45, 2.75) is 34.2 Å². The molecule has 0 radical (unpaired) electrons. The fourth-order valence-electron chi connectivity index (χ4n) is 3.23. The van der Waals surface area contributed by atoms with Crippen molar-refractivity contribution in [1.82, 2.24) is 5.32 Å². The van der Waals surface area contributed by atoms with Crippen LogP contribution < -0.4 is 20.3 Å². The van der Waals surface area contributed by atoms with Crippen molar-refractivity contribution in [2.75, 3.05) is 23.4 Å². The van der Waals surface area contributed by atoms with Gasteiger partial charge in [0.15, 0.2) is 0 Å². The van der Waals surface area contributed by atoms with Crippen LogP contribution in [0.1, 0.15) is 33.3 Å². The highest BCUT2D eigenvalue weighted by atomic mass is 19.1. The predicted molar refractivity (Wildman–Crippen MR) is 115 cm³/mol. The molecule has 1 heterocycles. The molecule has 0 aromatic heterocycles. The van der Waals surface area contributed by atoms with Crippen molar-refractivity contribution < 1.29 is 18.7 Å². The molecule has 0 bridgehead atoms. The summed E-state index contributed by atoms with van der Waals surface area (Å²) in [5.74, 6) is 0.560. The number of carbonyl (C=O) groups is 2. The Kier molecular flexibility index (Phi) is 6.29. The second-order valence-electron chi connectivity index (χ2n) is 8.60. The number of amides is 3. The molecule has 2 N–H and O–H groups in total. The first-order valence-corrected chi connectivity index (χ1v) is 10.0. The van der Waals surface area contributed by atoms with Gasteiger partial charge in [-0.15, -0.1) is 0 Å². The van der Waals surface area contributed by atoms with Gasteiger partial charge in [0.2, 0.25) is 5.91 Å². The van der Waals surface area contributed by atoms with E-state index in [1.807, 2.05) is 13.8 Å². The Bertz CT molecular complexity index is 926. The number of fused-ring (bicyclic) bond motifs is 1. The fourth-order valence-corrected chi connectivity index (χ4v) is 3.23. The third-order valence-corrected chi connectivity index (χ3v) is 4.83. The van der Waals surface area contributed by atoms with Crippen LogP contribution in [-0.2, 0) is 11.3 Å². The maximum atomic E-state index is 13.1. The van der Waals surface area contributed by atoms with Gasteiger partial charge in [-0.3, -0.25) is 4.79 Å². The van der Waals surface area contributed by atoms with E-state index < -0.39 is 11.4 Å². The standard InChI is InChI=1S/C23H28FN3O3/c1-15(2)13-27-19-11-18(9-10-20(19)30-14-23(3,4)21(27)28)26-22(29)25-12-16-5-7-17(24)8-6-16/h5-11,15H,12-14H2,1-4H3,(H2,25,26,29). The van der Waals surface area contributed by atoms with Crippen LogP contribution in [0, 0.1) is 17.2 Å². The number of halogens is 1. The lowest BCUT2D eigenvalue weighted by atomic mass is 9.92. The number of rotatable bonds is 5. The highest BCUT2D eigenvalue weighted by molar-refractivity contribution is 6.00. The molecule has 0 saturated heterocycles. The van der Waals surface area contributed by atoms with Crippen molar-refractivity contribution in [3.8, 4) is 5.75 Å². The molecule has 3 amide bonds. The van der Waals surface area contributed by atoms with E-state index in [9.17, 15) is 14.0 Å². The van der Waals surface area contributed by atoms with Gasteiger partial charge < -0.3 is 20.3 Å². The van der Waals surface area contributed by atoms with Crippen molar-refractivity contribution >= 4 is 23.3 Å². The Morgan fingerprint density at radius 2 is 1.90 bits per heavy atom. The van der Waals surface area contributed by atoms with Gasteiger partial charge in [0.05, 0.1) is 11.1 Å². The van der Waals surface area contributed by atoms with Gasteiger partial charge in [-0.25, -0.2) is 9.18 Å². The molecule has 30 heavy (non-hydrogen) atoms. The summed E-state index contributed by atoms with van der Waals surface area (Å²) < 4.78 is 18.9. The van der Waals surface area contributed by atoms with Gasteiger partial charge >= 0.3 is 6.03 Å². The van der Waals surface area contributed by atoms with Crippen LogP contribution in [0.2, 0.25) is 0 Å². The lowest BCUT2D eigenvalue weighted by Crippen LogP contribution is -2.43. The maximum absolute atomic E-state index is 13.1. The molecule has 0 unspecified atom stereocenters. The van der Waals surface area contributed by atoms with Crippen LogP contribution >= 0.6 is 0 Å². The molecule has 0 aliphatic carbocycles. The number of anilines is 2. The number of hydrogen-bond acceptors (Lipinski definition) is 3. The molecule has 7 heteroatoms. The number of nitrogens with zero attached hydrogens (tertiary/aromatic N) is 1. The summed E-state index contributed by atoms with van der Waals surface area (Å²) in [7, 11) is 0. The minimum atomic E-state index is -0.645. The first-order valence-electron chi connectivity index (χ1n) is 10.0. The molecule has 1 aliphatic rings. The van der Waals surface area contributed by atoms with Gasteiger partial charge in [0.25, 0.3) is 0 Å². The van der Waals surface area contributed by atoms with E-state index in [1.54, 1.807) is 35.2 Å². The molecule has 0 spiro atoms. The summed E-state index contributed by atoms with van der Waals surface area (Å²) in [6, 6.07) is 10.8. The summed E-state index contributed by atoms with van der Waals surface area (Å²) in [5, 5.41) is 5.53. The van der Waals surface area contributed by atoms with Crippen LogP contribution in [0.4, 0.5) is 20.6 Å². The summed E-state index contributed by atoms with van der Waals surface area (Å²) >= 11 is 0. The van der Waals surface area contributed by atoms with E-state index >= 15 is 0 Å². The highest BCUT2D eigenvalue weighted by Crippen LogP contribution is 2.38. The number of hydrogen-bond donors (Lipinski definition) is 2. The van der Waals surface area contributed by atoms with Crippen molar-refractivity contribution in [2.24, 2.45) is 11.3 Å². The second-order valence-corrected chi connectivity index (χ2v) is 8.60. The SMILES string of the molecule is CC(C)CN1C(=O)C(C)(C)COc2ccc(NC(=O)NCc3ccc(F)cc3)cc21. The zero-order valence-corrected chi connectivity index (χ0v) is 17.8. The third-order valence-electron chi connectivity index (χ3n) is 4.83. The lowest BCUT2D eigenvalue weighted by molar-refractivity contribution is -0.127. The smallest absolute Gasteiger partial charge is 0.319 e. The Morgan fingerprint density at radius 1 is 1.20 bits per heavy atom. The van der Waals surface area contributed by atoms with Crippen molar-refractivity contribution in [3.63, 3.8) is 0 Å². The van der Waals surface area contributed by atoms with E-state index in [1.165, 1.54) is 12.1 Å². The van der Waals surface area contributed by atoms with E-state index in [2.05, 4.69) is 24.5 Å². The maximum Gasteiger partial charge on any atom is 0.319 e. The van der Waals surface area contributed by atoms with E-state index in [0.717, 1.165) is 5.56 Å². The van der Waals surface area contributed by atoms with Gasteiger partial charge in [-0.05, 0) is 55.7 Å². The minimum Gasteiger partial charge on any atom is -0.490 e. The second kappa shape index (κ2) is 8.73. The number of benzene rings is 2. The summed E-state index contributed by atoms with van der Waals surface area (Å²) in [4.78, 5) is 27.2. The van der Waals surface area contributed by atoms with Crippen LogP contribution in [0.3, 0.4) is 0 Å². The van der Waals surface area contributed by atoms with Crippen molar-refractivity contribution in [3.05, 3.63) is 53.8 Å². The van der Waals surface area contributed by atoms with E-state index in [4.69, 9.17) is 4.74 Å². The number of urea groups is 1. The average molecular weight is 413 g/mol. The molecule has 3 rings (SSSR count). The lowest BCUT2D eigenvalue weighted by Gasteiger charge is -2.29. The first kappa shape index (κ1) is 21.6. The zero-order chi connectivity index (χ0) is 21.9. The van der Waals surface area contributed by atoms with Crippen molar-refractivity contribution in [1.29, 1.82) is 0 Å². The molecular weight excluding hydrogens is 385 g/mol. The number of ether oxygens (including phenoxy) is 1. The van der Waals surface area contributed by atoms with Crippen LogP contribution in [0.25, 0.3) is 0 Å². The zero-order valence-electron chi connectivity index (χ0n) is 17.8. The predicted octanol–water partition coefficient (Wildman–Crippen LogP) is 4.56. The van der Waals surface area contributed by atoms with Gasteiger partial charge in [0, 0.05) is 18.8 Å². The fraction of sp³-hybridized carbons (Fsp3) is 0.391. The minimum absolute atomic E-state index is 0.00661.